The molecule has 3 N–H and O–H groups in total. The highest BCUT2D eigenvalue weighted by Crippen LogP contribution is 2.49. The van der Waals surface area contributed by atoms with Gasteiger partial charge in [0.05, 0.1) is 7.11 Å². The lowest BCUT2D eigenvalue weighted by molar-refractivity contribution is 0.156. The van der Waals surface area contributed by atoms with Crippen LogP contribution < -0.4 is 15.4 Å². The van der Waals surface area contributed by atoms with Crippen LogP contribution >= 0.6 is 0 Å². The van der Waals surface area contributed by atoms with Gasteiger partial charge in [0.25, 0.3) is 0 Å². The van der Waals surface area contributed by atoms with Crippen LogP contribution in [-0.4, -0.2) is 37.4 Å². The van der Waals surface area contributed by atoms with Crippen LogP contribution in [0.25, 0.3) is 0 Å². The van der Waals surface area contributed by atoms with Crippen molar-refractivity contribution in [1.82, 2.24) is 10.6 Å². The Morgan fingerprint density at radius 3 is 1.91 bits per heavy atom. The smallest absolute Gasteiger partial charge is 0.122 e. The Balaban J connectivity index is 0.000000139. The van der Waals surface area contributed by atoms with Crippen LogP contribution in [0, 0.1) is 11.8 Å². The summed E-state index contributed by atoms with van der Waals surface area (Å²) < 4.78 is 5.53. The van der Waals surface area contributed by atoms with Crippen LogP contribution in [0.4, 0.5) is 0 Å². The third-order valence-corrected chi connectivity index (χ3v) is 9.90. The fourth-order valence-corrected chi connectivity index (χ4v) is 7.26. The van der Waals surface area contributed by atoms with Gasteiger partial charge >= 0.3 is 0 Å². The predicted molar refractivity (Wildman–Crippen MR) is 134 cm³/mol. The van der Waals surface area contributed by atoms with Gasteiger partial charge in [0.15, 0.2) is 0 Å². The van der Waals surface area contributed by atoms with Gasteiger partial charge in [0.1, 0.15) is 11.5 Å². The molecule has 6 rings (SSSR count). The number of rotatable bonds is 1. The fourth-order valence-electron chi connectivity index (χ4n) is 7.26. The summed E-state index contributed by atoms with van der Waals surface area (Å²) in [5, 5.41) is 17.2. The number of nitrogens with one attached hydrogen (secondary N) is 2. The number of aromatic hydroxyl groups is 1. The zero-order valence-corrected chi connectivity index (χ0v) is 20.9. The number of hydrogen-bond acceptors (Lipinski definition) is 4. The molecular weight excluding hydrogens is 408 g/mol. The molecule has 4 heteroatoms. The van der Waals surface area contributed by atoms with Crippen LogP contribution in [-0.2, 0) is 23.7 Å². The molecule has 0 aromatic heterocycles. The first kappa shape index (κ1) is 22.7. The Kier molecular flexibility index (Phi) is 5.73. The first-order valence-corrected chi connectivity index (χ1v) is 12.7. The molecule has 2 aromatic rings. The fraction of sp³-hybridized carbons (Fsp3) is 0.586. The van der Waals surface area contributed by atoms with Gasteiger partial charge in [-0.15, -0.1) is 0 Å². The predicted octanol–water partition coefficient (Wildman–Crippen LogP) is 4.71. The van der Waals surface area contributed by atoms with E-state index in [0.717, 1.165) is 31.7 Å². The van der Waals surface area contributed by atoms with Crippen molar-refractivity contribution in [1.29, 1.82) is 0 Å². The first-order valence-electron chi connectivity index (χ1n) is 12.7. The number of benzene rings is 2. The molecule has 4 nitrogen and oxygen atoms in total. The molecule has 33 heavy (non-hydrogen) atoms. The summed E-state index contributed by atoms with van der Waals surface area (Å²) in [6.45, 7) is 11.7. The van der Waals surface area contributed by atoms with Gasteiger partial charge in [-0.1, -0.05) is 52.0 Å². The second kappa shape index (κ2) is 8.32. The van der Waals surface area contributed by atoms with Crippen LogP contribution in [0.1, 0.15) is 62.8 Å². The Morgan fingerprint density at radius 2 is 1.33 bits per heavy atom. The molecule has 0 saturated carbocycles. The van der Waals surface area contributed by atoms with E-state index in [2.05, 4.69) is 62.6 Å². The highest BCUT2D eigenvalue weighted by atomic mass is 16.5. The molecular formula is C29H40N2O2. The molecule has 2 heterocycles. The first-order chi connectivity index (χ1) is 15.8. The number of hydrogen-bond donors (Lipinski definition) is 3. The number of ether oxygens (including phenoxy) is 1. The molecule has 0 amide bonds. The molecule has 178 valence electrons. The minimum Gasteiger partial charge on any atom is -0.508 e. The second-order valence-electron chi connectivity index (χ2n) is 11.2. The summed E-state index contributed by atoms with van der Waals surface area (Å²) >= 11 is 0. The summed E-state index contributed by atoms with van der Waals surface area (Å²) in [6.07, 6.45) is 4.47. The van der Waals surface area contributed by atoms with Gasteiger partial charge < -0.3 is 20.5 Å². The average molecular weight is 449 g/mol. The van der Waals surface area contributed by atoms with Crippen molar-refractivity contribution in [3.8, 4) is 11.5 Å². The molecule has 4 aliphatic rings. The van der Waals surface area contributed by atoms with Crippen LogP contribution in [0.2, 0.25) is 0 Å². The van der Waals surface area contributed by atoms with E-state index in [0.29, 0.717) is 35.1 Å². The third-order valence-electron chi connectivity index (χ3n) is 9.90. The number of phenolic OH excluding ortho intramolecular Hbond substituents is 1. The Morgan fingerprint density at radius 1 is 0.818 bits per heavy atom. The maximum Gasteiger partial charge on any atom is 0.122 e. The van der Waals surface area contributed by atoms with E-state index >= 15 is 0 Å². The molecule has 4 bridgehead atoms. The van der Waals surface area contributed by atoms with Crippen molar-refractivity contribution >= 4 is 0 Å². The van der Waals surface area contributed by atoms with Crippen molar-refractivity contribution < 1.29 is 9.84 Å². The minimum absolute atomic E-state index is 0.238. The molecule has 2 aliphatic heterocycles. The zero-order valence-electron chi connectivity index (χ0n) is 20.9. The van der Waals surface area contributed by atoms with Crippen molar-refractivity contribution in [2.45, 2.75) is 76.3 Å². The zero-order chi connectivity index (χ0) is 23.4. The van der Waals surface area contributed by atoms with Crippen LogP contribution in [0.3, 0.4) is 0 Å². The highest BCUT2D eigenvalue weighted by Gasteiger charge is 2.47. The highest BCUT2D eigenvalue weighted by molar-refractivity contribution is 5.48. The van der Waals surface area contributed by atoms with E-state index in [1.54, 1.807) is 7.11 Å². The van der Waals surface area contributed by atoms with Crippen molar-refractivity contribution in [2.24, 2.45) is 11.8 Å². The average Bonchev–Trinajstić information content (AvgIpc) is 2.79. The summed E-state index contributed by atoms with van der Waals surface area (Å²) in [5.74, 6) is 2.89. The van der Waals surface area contributed by atoms with Crippen LogP contribution in [0.15, 0.2) is 36.4 Å². The molecule has 2 fully saturated rings. The van der Waals surface area contributed by atoms with Gasteiger partial charge in [-0.25, -0.2) is 0 Å². The topological polar surface area (TPSA) is 53.5 Å². The second-order valence-corrected chi connectivity index (χ2v) is 11.2. The third kappa shape index (κ3) is 3.49. The van der Waals surface area contributed by atoms with Gasteiger partial charge in [-0.05, 0) is 95.8 Å². The normalized spacial score (nSPS) is 36.0. The number of piperidine rings is 2. The summed E-state index contributed by atoms with van der Waals surface area (Å²) in [6, 6.07) is 13.7. The quantitative estimate of drug-likeness (QED) is 0.591. The lowest BCUT2D eigenvalue weighted by Crippen LogP contribution is -2.56. The van der Waals surface area contributed by atoms with Gasteiger partial charge in [-0.2, -0.15) is 0 Å². The van der Waals surface area contributed by atoms with E-state index in [1.807, 2.05) is 12.1 Å². The Hall–Kier alpha value is -2.04. The molecule has 2 saturated heterocycles. The van der Waals surface area contributed by atoms with Crippen molar-refractivity contribution in [3.05, 3.63) is 58.7 Å². The standard InChI is InChI=1S/C15H21NO.C14H19NO/c1-10-13-9-11-12(5-4-6-14(11)17-3)15(10,2)7-8-16-13;1-9-12-8-10-11(4-3-5-13(10)16)14(9,2)6-7-15-12/h4-6,10,13,16H,7-9H2,1-3H3;3-5,9,12,15-16H,6-8H2,1-2H3. The molecule has 2 aromatic carbocycles. The number of phenols is 1. The van der Waals surface area contributed by atoms with E-state index in [1.165, 1.54) is 35.1 Å². The lowest BCUT2D eigenvalue weighted by Gasteiger charge is -2.50. The van der Waals surface area contributed by atoms with E-state index in [-0.39, 0.29) is 5.41 Å². The SMILES string of the molecule is CC1C2Cc3c(O)cccc3C1(C)CCN2.COc1cccc2c1CC1NCCC2(C)C1C. The number of fused-ring (bicyclic) bond motifs is 8. The minimum atomic E-state index is 0.238. The Labute approximate surface area is 199 Å². The van der Waals surface area contributed by atoms with Gasteiger partial charge in [-0.3, -0.25) is 0 Å². The van der Waals surface area contributed by atoms with E-state index < -0.39 is 0 Å². The summed E-state index contributed by atoms with van der Waals surface area (Å²) in [5.41, 5.74) is 6.04. The van der Waals surface area contributed by atoms with E-state index in [4.69, 9.17) is 4.74 Å². The van der Waals surface area contributed by atoms with Crippen molar-refractivity contribution in [2.75, 3.05) is 20.2 Å². The molecule has 6 unspecified atom stereocenters. The van der Waals surface area contributed by atoms with E-state index in [9.17, 15) is 5.11 Å². The monoisotopic (exact) mass is 448 g/mol. The largest absolute Gasteiger partial charge is 0.508 e. The Bertz CT molecular complexity index is 1040. The van der Waals surface area contributed by atoms with Crippen molar-refractivity contribution in [3.63, 3.8) is 0 Å². The van der Waals surface area contributed by atoms with Gasteiger partial charge in [0, 0.05) is 12.1 Å². The maximum absolute atomic E-state index is 9.98. The lowest BCUT2D eigenvalue weighted by atomic mass is 9.59. The summed E-state index contributed by atoms with van der Waals surface area (Å²) in [7, 11) is 1.78. The van der Waals surface area contributed by atoms with Crippen LogP contribution in [0.5, 0.6) is 11.5 Å². The molecule has 6 atom stereocenters. The van der Waals surface area contributed by atoms with Gasteiger partial charge in [0.2, 0.25) is 0 Å². The number of methoxy groups -OCH3 is 1. The summed E-state index contributed by atoms with van der Waals surface area (Å²) in [4.78, 5) is 0. The molecule has 0 radical (unpaired) electrons. The molecule has 2 aliphatic carbocycles. The molecule has 0 spiro atoms. The maximum atomic E-state index is 9.98.